The lowest BCUT2D eigenvalue weighted by Gasteiger charge is -2.20. The van der Waals surface area contributed by atoms with Crippen LogP contribution < -0.4 is 11.1 Å². The molecule has 1 aromatic rings. The largest absolute Gasteiger partial charge is 0.384 e. The molecule has 0 fully saturated rings. The number of anilines is 1. The third-order valence-electron chi connectivity index (χ3n) is 3.45. The number of rotatable bonds is 1. The van der Waals surface area contributed by atoms with Gasteiger partial charge in [-0.1, -0.05) is 18.2 Å². The fraction of sp³-hybridized carbons (Fsp3) is 0.385. The van der Waals surface area contributed by atoms with E-state index in [1.807, 2.05) is 0 Å². The van der Waals surface area contributed by atoms with Gasteiger partial charge in [-0.05, 0) is 41.5 Å². The van der Waals surface area contributed by atoms with Gasteiger partial charge in [-0.15, -0.1) is 0 Å². The van der Waals surface area contributed by atoms with Gasteiger partial charge in [-0.25, -0.2) is 0 Å². The highest BCUT2D eigenvalue weighted by Gasteiger charge is 2.20. The molecular formula is C13H16N2. The molecule has 2 aliphatic rings. The van der Waals surface area contributed by atoms with Gasteiger partial charge < -0.3 is 11.1 Å². The Morgan fingerprint density at radius 3 is 3.07 bits per heavy atom. The van der Waals surface area contributed by atoms with E-state index in [4.69, 9.17) is 5.73 Å². The van der Waals surface area contributed by atoms with Crippen LogP contribution in [0.1, 0.15) is 23.1 Å². The van der Waals surface area contributed by atoms with Gasteiger partial charge in [0.05, 0.1) is 0 Å². The third kappa shape index (κ3) is 1.29. The van der Waals surface area contributed by atoms with Crippen molar-refractivity contribution in [2.45, 2.75) is 19.3 Å². The highest BCUT2D eigenvalue weighted by molar-refractivity contribution is 5.78. The smallest absolute Gasteiger partial charge is 0.0412 e. The third-order valence-corrected chi connectivity index (χ3v) is 3.45. The SMILES string of the molecule is NCC1=CCCc2c1ccc1c2NCC1. The second-order valence-corrected chi connectivity index (χ2v) is 4.27. The van der Waals surface area contributed by atoms with Crippen LogP contribution in [0.4, 0.5) is 5.69 Å². The van der Waals surface area contributed by atoms with Gasteiger partial charge in [0.1, 0.15) is 0 Å². The second kappa shape index (κ2) is 3.38. The molecule has 0 unspecified atom stereocenters. The maximum Gasteiger partial charge on any atom is 0.0412 e. The maximum atomic E-state index is 5.77. The number of benzene rings is 1. The zero-order valence-corrected chi connectivity index (χ0v) is 8.84. The van der Waals surface area contributed by atoms with Gasteiger partial charge in [-0.3, -0.25) is 0 Å². The predicted octanol–water partition coefficient (Wildman–Crippen LogP) is 1.94. The van der Waals surface area contributed by atoms with Crippen LogP contribution in [0.15, 0.2) is 18.2 Å². The van der Waals surface area contributed by atoms with Crippen LogP contribution in [0, 0.1) is 0 Å². The molecule has 3 rings (SSSR count). The van der Waals surface area contributed by atoms with Gasteiger partial charge in [0.15, 0.2) is 0 Å². The fourth-order valence-electron chi connectivity index (χ4n) is 2.70. The minimum atomic E-state index is 0.659. The molecule has 0 spiro atoms. The standard InChI is InChI=1S/C13H16N2/c14-8-10-2-1-3-12-11(10)5-4-9-6-7-15-13(9)12/h2,4-5,15H,1,3,6-8,14H2. The Labute approximate surface area is 90.2 Å². The number of hydrogen-bond donors (Lipinski definition) is 2. The zero-order chi connectivity index (χ0) is 10.3. The molecule has 1 heterocycles. The lowest BCUT2D eigenvalue weighted by atomic mass is 9.88. The lowest BCUT2D eigenvalue weighted by Crippen LogP contribution is -2.10. The molecule has 0 amide bonds. The number of nitrogens with two attached hydrogens (primary N) is 1. The predicted molar refractivity (Wildman–Crippen MR) is 64.0 cm³/mol. The minimum absolute atomic E-state index is 0.659. The van der Waals surface area contributed by atoms with E-state index in [9.17, 15) is 0 Å². The summed E-state index contributed by atoms with van der Waals surface area (Å²) in [6.07, 6.45) is 5.75. The van der Waals surface area contributed by atoms with Crippen molar-refractivity contribution >= 4 is 11.3 Å². The Bertz CT molecular complexity index is 432. The summed E-state index contributed by atoms with van der Waals surface area (Å²) >= 11 is 0. The quantitative estimate of drug-likeness (QED) is 0.727. The number of allylic oxidation sites excluding steroid dienone is 1. The van der Waals surface area contributed by atoms with E-state index in [-0.39, 0.29) is 0 Å². The first kappa shape index (κ1) is 8.98. The molecule has 3 N–H and O–H groups in total. The number of fused-ring (bicyclic) bond motifs is 3. The molecular weight excluding hydrogens is 184 g/mol. The maximum absolute atomic E-state index is 5.77. The van der Waals surface area contributed by atoms with Gasteiger partial charge in [0.2, 0.25) is 0 Å². The first-order valence-corrected chi connectivity index (χ1v) is 5.68. The van der Waals surface area contributed by atoms with Crippen molar-refractivity contribution in [1.82, 2.24) is 0 Å². The van der Waals surface area contributed by atoms with Crippen molar-refractivity contribution in [2.24, 2.45) is 5.73 Å². The van der Waals surface area contributed by atoms with Crippen LogP contribution in [0.5, 0.6) is 0 Å². The Balaban J connectivity index is 2.17. The van der Waals surface area contributed by atoms with Gasteiger partial charge >= 0.3 is 0 Å². The van der Waals surface area contributed by atoms with Gasteiger partial charge in [0, 0.05) is 18.8 Å². The summed E-state index contributed by atoms with van der Waals surface area (Å²) in [7, 11) is 0. The summed E-state index contributed by atoms with van der Waals surface area (Å²) in [5.74, 6) is 0. The summed E-state index contributed by atoms with van der Waals surface area (Å²) in [5, 5.41) is 3.50. The van der Waals surface area contributed by atoms with E-state index in [0.29, 0.717) is 6.54 Å². The molecule has 1 aliphatic carbocycles. The van der Waals surface area contributed by atoms with E-state index in [0.717, 1.165) is 19.4 Å². The summed E-state index contributed by atoms with van der Waals surface area (Å²) in [6, 6.07) is 4.50. The minimum Gasteiger partial charge on any atom is -0.384 e. The summed E-state index contributed by atoms with van der Waals surface area (Å²) in [6.45, 7) is 1.75. The monoisotopic (exact) mass is 200 g/mol. The average molecular weight is 200 g/mol. The molecule has 0 atom stereocenters. The average Bonchev–Trinajstić information content (AvgIpc) is 2.76. The molecule has 1 aromatic carbocycles. The van der Waals surface area contributed by atoms with E-state index in [1.165, 1.54) is 34.4 Å². The second-order valence-electron chi connectivity index (χ2n) is 4.27. The Hall–Kier alpha value is -1.28. The van der Waals surface area contributed by atoms with Crippen molar-refractivity contribution < 1.29 is 0 Å². The van der Waals surface area contributed by atoms with Crippen molar-refractivity contribution in [3.63, 3.8) is 0 Å². The summed E-state index contributed by atoms with van der Waals surface area (Å²) < 4.78 is 0. The molecule has 2 heteroatoms. The molecule has 1 aliphatic heterocycles. The lowest BCUT2D eigenvalue weighted by molar-refractivity contribution is 0.968. The van der Waals surface area contributed by atoms with Crippen LogP contribution in [-0.4, -0.2) is 13.1 Å². The van der Waals surface area contributed by atoms with Gasteiger partial charge in [0.25, 0.3) is 0 Å². The molecule has 15 heavy (non-hydrogen) atoms. The van der Waals surface area contributed by atoms with Crippen LogP contribution in [-0.2, 0) is 12.8 Å². The Morgan fingerprint density at radius 2 is 2.20 bits per heavy atom. The molecule has 0 bridgehead atoms. The van der Waals surface area contributed by atoms with Crippen LogP contribution in [0.2, 0.25) is 0 Å². The normalized spacial score (nSPS) is 17.8. The highest BCUT2D eigenvalue weighted by atomic mass is 14.9. The molecule has 0 aromatic heterocycles. The molecule has 78 valence electrons. The van der Waals surface area contributed by atoms with Crippen LogP contribution >= 0.6 is 0 Å². The first-order chi connectivity index (χ1) is 7.40. The molecule has 2 nitrogen and oxygen atoms in total. The van der Waals surface area contributed by atoms with E-state index < -0.39 is 0 Å². The Kier molecular flexibility index (Phi) is 2.03. The van der Waals surface area contributed by atoms with Crippen LogP contribution in [0.25, 0.3) is 5.57 Å². The topological polar surface area (TPSA) is 38.0 Å². The van der Waals surface area contributed by atoms with Crippen molar-refractivity contribution in [3.05, 3.63) is 34.9 Å². The molecule has 0 saturated heterocycles. The van der Waals surface area contributed by atoms with E-state index >= 15 is 0 Å². The number of nitrogens with one attached hydrogen (secondary N) is 1. The molecule has 0 saturated carbocycles. The fourth-order valence-corrected chi connectivity index (χ4v) is 2.70. The zero-order valence-electron chi connectivity index (χ0n) is 8.84. The Morgan fingerprint density at radius 1 is 1.27 bits per heavy atom. The van der Waals surface area contributed by atoms with Crippen molar-refractivity contribution in [1.29, 1.82) is 0 Å². The van der Waals surface area contributed by atoms with Gasteiger partial charge in [-0.2, -0.15) is 0 Å². The summed E-state index contributed by atoms with van der Waals surface area (Å²) in [4.78, 5) is 0. The number of hydrogen-bond acceptors (Lipinski definition) is 2. The first-order valence-electron chi connectivity index (χ1n) is 5.68. The highest BCUT2D eigenvalue weighted by Crippen LogP contribution is 2.35. The van der Waals surface area contributed by atoms with Crippen LogP contribution in [0.3, 0.4) is 0 Å². The summed E-state index contributed by atoms with van der Waals surface area (Å²) in [5.41, 5.74) is 12.8. The van der Waals surface area contributed by atoms with Crippen molar-refractivity contribution in [2.75, 3.05) is 18.4 Å². The van der Waals surface area contributed by atoms with Crippen molar-refractivity contribution in [3.8, 4) is 0 Å². The molecule has 0 radical (unpaired) electrons. The van der Waals surface area contributed by atoms with E-state index in [2.05, 4.69) is 23.5 Å². The van der Waals surface area contributed by atoms with E-state index in [1.54, 1.807) is 0 Å².